The van der Waals surface area contributed by atoms with Crippen LogP contribution in [0.25, 0.3) is 11.1 Å². The summed E-state index contributed by atoms with van der Waals surface area (Å²) in [4.78, 5) is 39.8. The highest BCUT2D eigenvalue weighted by Crippen LogP contribution is 2.29. The number of aromatic carboxylic acids is 2. The molecule has 1 aliphatic rings. The number of hydrogen-bond donors (Lipinski definition) is 2. The third-order valence-corrected chi connectivity index (χ3v) is 5.53. The van der Waals surface area contributed by atoms with E-state index in [0.29, 0.717) is 35.8 Å². The van der Waals surface area contributed by atoms with Crippen LogP contribution in [-0.2, 0) is 0 Å². The number of rotatable bonds is 5. The van der Waals surface area contributed by atoms with Gasteiger partial charge in [0, 0.05) is 24.7 Å². The monoisotopic (exact) mass is 396 g/mol. The lowest BCUT2D eigenvalue weighted by molar-refractivity contribution is 0.0695. The van der Waals surface area contributed by atoms with Crippen LogP contribution in [-0.4, -0.2) is 71.1 Å². The predicted molar refractivity (Wildman–Crippen MR) is 109 cm³/mol. The first-order chi connectivity index (χ1) is 13.7. The summed E-state index contributed by atoms with van der Waals surface area (Å²) in [5.74, 6) is -2.40. The number of likely N-dealkylation sites (N-methyl/N-ethyl adjacent to an activating group) is 1. The number of amides is 1. The molecule has 0 spiro atoms. The molecular formula is C22H24N2O5. The first-order valence-electron chi connectivity index (χ1n) is 9.37. The second-order valence-corrected chi connectivity index (χ2v) is 7.51. The Balaban J connectivity index is 1.89. The van der Waals surface area contributed by atoms with Crippen molar-refractivity contribution in [3.8, 4) is 11.1 Å². The van der Waals surface area contributed by atoms with E-state index in [1.807, 2.05) is 19.0 Å². The molecule has 0 aliphatic carbocycles. The summed E-state index contributed by atoms with van der Waals surface area (Å²) in [6.07, 6.45) is 0.938. The maximum atomic E-state index is 12.8. The molecule has 29 heavy (non-hydrogen) atoms. The number of benzene rings is 2. The Morgan fingerprint density at radius 1 is 1.00 bits per heavy atom. The van der Waals surface area contributed by atoms with Crippen molar-refractivity contribution in [3.05, 3.63) is 58.7 Å². The number of hydrogen-bond acceptors (Lipinski definition) is 4. The summed E-state index contributed by atoms with van der Waals surface area (Å²) in [5.41, 5.74) is 1.71. The van der Waals surface area contributed by atoms with Crippen molar-refractivity contribution in [1.29, 1.82) is 0 Å². The molecule has 0 unspecified atom stereocenters. The van der Waals surface area contributed by atoms with Crippen LogP contribution in [0.1, 0.15) is 43.1 Å². The molecule has 152 valence electrons. The smallest absolute Gasteiger partial charge is 0.336 e. The summed E-state index contributed by atoms with van der Waals surface area (Å²) in [6.45, 7) is 2.89. The van der Waals surface area contributed by atoms with E-state index in [-0.39, 0.29) is 22.6 Å². The van der Waals surface area contributed by atoms with Gasteiger partial charge in [-0.2, -0.15) is 0 Å². The minimum Gasteiger partial charge on any atom is -0.478 e. The highest BCUT2D eigenvalue weighted by molar-refractivity contribution is 6.02. The Labute approximate surface area is 169 Å². The largest absolute Gasteiger partial charge is 0.478 e. The zero-order valence-electron chi connectivity index (χ0n) is 16.7. The molecule has 7 heteroatoms. The molecule has 3 rings (SSSR count). The van der Waals surface area contributed by atoms with Gasteiger partial charge >= 0.3 is 11.9 Å². The highest BCUT2D eigenvalue weighted by Gasteiger charge is 2.28. The first-order valence-corrected chi connectivity index (χ1v) is 9.37. The minimum absolute atomic E-state index is 0.0394. The Morgan fingerprint density at radius 2 is 1.66 bits per heavy atom. The molecule has 0 bridgehead atoms. The summed E-state index contributed by atoms with van der Waals surface area (Å²) in [5, 5.41) is 18.9. The third-order valence-electron chi connectivity index (χ3n) is 5.53. The molecule has 0 aromatic heterocycles. The van der Waals surface area contributed by atoms with Crippen LogP contribution in [0.2, 0.25) is 0 Å². The Hall–Kier alpha value is -3.19. The van der Waals surface area contributed by atoms with E-state index < -0.39 is 11.9 Å². The first kappa shape index (κ1) is 20.5. The maximum Gasteiger partial charge on any atom is 0.336 e. The lowest BCUT2D eigenvalue weighted by atomic mass is 9.92. The average Bonchev–Trinajstić information content (AvgIpc) is 3.17. The molecule has 1 atom stereocenters. The van der Waals surface area contributed by atoms with E-state index >= 15 is 0 Å². The van der Waals surface area contributed by atoms with E-state index in [9.17, 15) is 24.6 Å². The Kier molecular flexibility index (Phi) is 5.70. The van der Waals surface area contributed by atoms with Crippen LogP contribution >= 0.6 is 0 Å². The molecule has 2 aromatic rings. The van der Waals surface area contributed by atoms with Crippen LogP contribution in [0.5, 0.6) is 0 Å². The van der Waals surface area contributed by atoms with Crippen molar-refractivity contribution < 1.29 is 24.6 Å². The molecule has 1 saturated heterocycles. The number of likely N-dealkylation sites (tertiary alicyclic amines) is 1. The zero-order valence-corrected chi connectivity index (χ0v) is 16.7. The molecular weight excluding hydrogens is 372 g/mol. The van der Waals surface area contributed by atoms with Gasteiger partial charge in [0.05, 0.1) is 11.1 Å². The molecule has 2 N–H and O–H groups in total. The van der Waals surface area contributed by atoms with Gasteiger partial charge in [-0.3, -0.25) is 4.79 Å². The zero-order chi connectivity index (χ0) is 21.3. The standard InChI is InChI=1S/C22H24N2O5/c1-13-17(21(26)27)8-9-18(19(13)22(28)29)14-4-6-15(7-5-14)20(25)24-11-10-16(12-24)23(2)3/h4-9,16H,10-12H2,1-3H3,(H,26,27)(H,28,29)/t16-/m1/s1. The Morgan fingerprint density at radius 3 is 2.17 bits per heavy atom. The summed E-state index contributed by atoms with van der Waals surface area (Å²) in [6, 6.07) is 10.0. The van der Waals surface area contributed by atoms with Crippen LogP contribution < -0.4 is 0 Å². The minimum atomic E-state index is -1.19. The highest BCUT2D eigenvalue weighted by atomic mass is 16.4. The SMILES string of the molecule is Cc1c(C(=O)O)ccc(-c2ccc(C(=O)N3CC[C@@H](N(C)C)C3)cc2)c1C(=O)O. The van der Waals surface area contributed by atoms with Gasteiger partial charge in [0.2, 0.25) is 0 Å². The molecule has 1 heterocycles. The third kappa shape index (κ3) is 4.00. The van der Waals surface area contributed by atoms with Gasteiger partial charge in [0.1, 0.15) is 0 Å². The van der Waals surface area contributed by atoms with Gasteiger partial charge < -0.3 is 20.0 Å². The van der Waals surface area contributed by atoms with Crippen molar-refractivity contribution in [2.45, 2.75) is 19.4 Å². The number of carbonyl (C=O) groups excluding carboxylic acids is 1. The molecule has 1 amide bonds. The quantitative estimate of drug-likeness (QED) is 0.807. The Bertz CT molecular complexity index is 966. The van der Waals surface area contributed by atoms with Crippen LogP contribution in [0.15, 0.2) is 36.4 Å². The van der Waals surface area contributed by atoms with E-state index in [0.717, 1.165) is 6.42 Å². The fourth-order valence-corrected chi connectivity index (χ4v) is 3.78. The number of carbonyl (C=O) groups is 3. The molecule has 1 fully saturated rings. The van der Waals surface area contributed by atoms with Gasteiger partial charge in [0.25, 0.3) is 5.91 Å². The number of carboxylic acid groups (broad SMARTS) is 2. The summed E-state index contributed by atoms with van der Waals surface area (Å²) >= 11 is 0. The normalized spacial score (nSPS) is 16.3. The van der Waals surface area contributed by atoms with Crippen molar-refractivity contribution >= 4 is 17.8 Å². The van der Waals surface area contributed by atoms with Crippen molar-refractivity contribution in [1.82, 2.24) is 9.80 Å². The fourth-order valence-electron chi connectivity index (χ4n) is 3.78. The van der Waals surface area contributed by atoms with Gasteiger partial charge in [-0.15, -0.1) is 0 Å². The lowest BCUT2D eigenvalue weighted by Gasteiger charge is -2.20. The van der Waals surface area contributed by atoms with E-state index in [1.54, 1.807) is 24.3 Å². The second kappa shape index (κ2) is 8.05. The van der Waals surface area contributed by atoms with E-state index in [1.165, 1.54) is 19.1 Å². The summed E-state index contributed by atoms with van der Waals surface area (Å²) < 4.78 is 0. The summed E-state index contributed by atoms with van der Waals surface area (Å²) in [7, 11) is 4.01. The van der Waals surface area contributed by atoms with Crippen LogP contribution in [0.4, 0.5) is 0 Å². The topological polar surface area (TPSA) is 98.2 Å². The van der Waals surface area contributed by atoms with Gasteiger partial charge in [-0.25, -0.2) is 9.59 Å². The van der Waals surface area contributed by atoms with E-state index in [2.05, 4.69) is 4.90 Å². The number of carboxylic acids is 2. The molecule has 1 aliphatic heterocycles. The molecule has 0 saturated carbocycles. The molecule has 0 radical (unpaired) electrons. The molecule has 7 nitrogen and oxygen atoms in total. The van der Waals surface area contributed by atoms with E-state index in [4.69, 9.17) is 0 Å². The van der Waals surface area contributed by atoms with Crippen LogP contribution in [0.3, 0.4) is 0 Å². The van der Waals surface area contributed by atoms with Crippen LogP contribution in [0, 0.1) is 6.92 Å². The van der Waals surface area contributed by atoms with Gasteiger partial charge in [-0.1, -0.05) is 18.2 Å². The number of nitrogens with zero attached hydrogens (tertiary/aromatic N) is 2. The van der Waals surface area contributed by atoms with Gasteiger partial charge in [-0.05, 0) is 62.3 Å². The lowest BCUT2D eigenvalue weighted by Crippen LogP contribution is -2.34. The second-order valence-electron chi connectivity index (χ2n) is 7.51. The predicted octanol–water partition coefficient (Wildman–Crippen LogP) is 2.83. The maximum absolute atomic E-state index is 12.8. The van der Waals surface area contributed by atoms with Crippen molar-refractivity contribution in [2.24, 2.45) is 0 Å². The fraction of sp³-hybridized carbons (Fsp3) is 0.318. The van der Waals surface area contributed by atoms with Crippen molar-refractivity contribution in [3.63, 3.8) is 0 Å². The van der Waals surface area contributed by atoms with Gasteiger partial charge in [0.15, 0.2) is 0 Å². The average molecular weight is 396 g/mol. The van der Waals surface area contributed by atoms with Crippen molar-refractivity contribution in [2.75, 3.05) is 27.2 Å². The molecule has 2 aromatic carbocycles.